The lowest BCUT2D eigenvalue weighted by Gasteiger charge is -2.10. The molecule has 2 N–H and O–H groups in total. The fraction of sp³-hybridized carbons (Fsp3) is 0.100. The average molecular weight is 411 g/mol. The molecule has 2 amide bonds. The van der Waals surface area contributed by atoms with Crippen LogP contribution in [0.4, 0.5) is 11.4 Å². The second-order valence-electron chi connectivity index (χ2n) is 6.31. The van der Waals surface area contributed by atoms with Gasteiger partial charge in [-0.1, -0.05) is 16.8 Å². The third-order valence-electron chi connectivity index (χ3n) is 4.17. The SMILES string of the molecule is CC(=O)Nc1ccc(NC(=O)c2cc(-c3ccco3)nc3onc(C)c23)cc1Cl. The van der Waals surface area contributed by atoms with Crippen LogP contribution in [0.15, 0.2) is 51.6 Å². The maximum Gasteiger partial charge on any atom is 0.259 e. The van der Waals surface area contributed by atoms with Gasteiger partial charge in [-0.25, -0.2) is 4.98 Å². The molecular formula is C20H15ClN4O4. The molecule has 8 nitrogen and oxygen atoms in total. The van der Waals surface area contributed by atoms with Gasteiger partial charge in [-0.15, -0.1) is 0 Å². The molecule has 0 atom stereocenters. The number of hydrogen-bond donors (Lipinski definition) is 2. The van der Waals surface area contributed by atoms with Crippen LogP contribution in [-0.4, -0.2) is 22.0 Å². The summed E-state index contributed by atoms with van der Waals surface area (Å²) in [5, 5.41) is 10.1. The fourth-order valence-electron chi connectivity index (χ4n) is 2.91. The lowest BCUT2D eigenvalue weighted by atomic mass is 10.1. The fourth-order valence-corrected chi connectivity index (χ4v) is 3.13. The number of rotatable bonds is 4. The first-order valence-corrected chi connectivity index (χ1v) is 8.99. The molecule has 29 heavy (non-hydrogen) atoms. The van der Waals surface area contributed by atoms with Crippen molar-refractivity contribution in [2.45, 2.75) is 13.8 Å². The Balaban J connectivity index is 1.70. The van der Waals surface area contributed by atoms with Gasteiger partial charge in [0.1, 0.15) is 5.69 Å². The summed E-state index contributed by atoms with van der Waals surface area (Å²) in [6.45, 7) is 3.12. The highest BCUT2D eigenvalue weighted by molar-refractivity contribution is 6.34. The van der Waals surface area contributed by atoms with Crippen LogP contribution in [0.1, 0.15) is 23.0 Å². The zero-order valence-corrected chi connectivity index (χ0v) is 16.2. The number of hydrogen-bond acceptors (Lipinski definition) is 6. The smallest absolute Gasteiger partial charge is 0.259 e. The third-order valence-corrected chi connectivity index (χ3v) is 4.49. The molecule has 4 rings (SSSR count). The number of pyridine rings is 1. The minimum atomic E-state index is -0.389. The summed E-state index contributed by atoms with van der Waals surface area (Å²) in [6, 6.07) is 9.89. The lowest BCUT2D eigenvalue weighted by molar-refractivity contribution is -0.114. The molecule has 0 unspecified atom stereocenters. The molecule has 0 aliphatic rings. The van der Waals surface area contributed by atoms with Crippen LogP contribution >= 0.6 is 11.6 Å². The number of aromatic nitrogens is 2. The van der Waals surface area contributed by atoms with E-state index in [4.69, 9.17) is 20.5 Å². The van der Waals surface area contributed by atoms with Crippen molar-refractivity contribution >= 4 is 45.9 Å². The van der Waals surface area contributed by atoms with Gasteiger partial charge in [0.05, 0.1) is 33.6 Å². The number of aryl methyl sites for hydroxylation is 1. The van der Waals surface area contributed by atoms with Crippen LogP contribution < -0.4 is 10.6 Å². The Bertz CT molecular complexity index is 1230. The van der Waals surface area contributed by atoms with Crippen LogP contribution in [0.25, 0.3) is 22.6 Å². The molecule has 3 aromatic heterocycles. The van der Waals surface area contributed by atoms with Crippen molar-refractivity contribution in [2.24, 2.45) is 0 Å². The second-order valence-corrected chi connectivity index (χ2v) is 6.72. The van der Waals surface area contributed by atoms with Gasteiger partial charge in [-0.2, -0.15) is 0 Å². The topological polar surface area (TPSA) is 110 Å². The molecule has 0 aliphatic heterocycles. The quantitative estimate of drug-likeness (QED) is 0.506. The van der Waals surface area contributed by atoms with E-state index in [0.717, 1.165) is 0 Å². The van der Waals surface area contributed by atoms with E-state index in [9.17, 15) is 9.59 Å². The highest BCUT2D eigenvalue weighted by Gasteiger charge is 2.20. The van der Waals surface area contributed by atoms with Crippen molar-refractivity contribution in [3.63, 3.8) is 0 Å². The first-order valence-electron chi connectivity index (χ1n) is 8.62. The maximum atomic E-state index is 13.0. The standard InChI is InChI=1S/C20H15ClN4O4/c1-10-18-13(9-16(17-4-3-7-28-17)24-20(18)29-25-10)19(27)23-12-5-6-15(14(21)8-12)22-11(2)26/h3-9H,1-2H3,(H,22,26)(H,23,27). The number of benzene rings is 1. The number of amides is 2. The van der Waals surface area contributed by atoms with Gasteiger partial charge in [0, 0.05) is 12.6 Å². The number of carbonyl (C=O) groups excluding carboxylic acids is 2. The zero-order valence-electron chi connectivity index (χ0n) is 15.4. The maximum absolute atomic E-state index is 13.0. The van der Waals surface area contributed by atoms with E-state index in [1.54, 1.807) is 43.3 Å². The van der Waals surface area contributed by atoms with E-state index >= 15 is 0 Å². The van der Waals surface area contributed by atoms with E-state index in [2.05, 4.69) is 20.8 Å². The lowest BCUT2D eigenvalue weighted by Crippen LogP contribution is -2.13. The van der Waals surface area contributed by atoms with Crippen molar-refractivity contribution in [3.05, 3.63) is 58.9 Å². The van der Waals surface area contributed by atoms with Crippen LogP contribution in [-0.2, 0) is 4.79 Å². The van der Waals surface area contributed by atoms with E-state index in [1.165, 1.54) is 13.2 Å². The summed E-state index contributed by atoms with van der Waals surface area (Å²) in [4.78, 5) is 28.6. The van der Waals surface area contributed by atoms with Crippen molar-refractivity contribution in [1.29, 1.82) is 0 Å². The number of fused-ring (bicyclic) bond motifs is 1. The first kappa shape index (κ1) is 18.7. The van der Waals surface area contributed by atoms with Gasteiger partial charge < -0.3 is 19.6 Å². The van der Waals surface area contributed by atoms with Gasteiger partial charge in [-0.3, -0.25) is 9.59 Å². The second kappa shape index (κ2) is 7.40. The largest absolute Gasteiger partial charge is 0.463 e. The summed E-state index contributed by atoms with van der Waals surface area (Å²) in [5.74, 6) is -0.131. The summed E-state index contributed by atoms with van der Waals surface area (Å²) in [7, 11) is 0. The van der Waals surface area contributed by atoms with Crippen LogP contribution in [0, 0.1) is 6.92 Å². The van der Waals surface area contributed by atoms with E-state index in [0.29, 0.717) is 44.5 Å². The molecule has 1 aromatic carbocycles. The molecule has 9 heteroatoms. The van der Waals surface area contributed by atoms with Crippen molar-refractivity contribution in [1.82, 2.24) is 10.1 Å². The van der Waals surface area contributed by atoms with Gasteiger partial charge in [-0.05, 0) is 43.3 Å². The van der Waals surface area contributed by atoms with E-state index < -0.39 is 0 Å². The number of anilines is 2. The Morgan fingerprint density at radius 3 is 2.66 bits per heavy atom. The summed E-state index contributed by atoms with van der Waals surface area (Å²) in [5.41, 5.74) is 2.49. The summed E-state index contributed by atoms with van der Waals surface area (Å²) < 4.78 is 10.6. The van der Waals surface area contributed by atoms with Gasteiger partial charge in [0.25, 0.3) is 11.6 Å². The highest BCUT2D eigenvalue weighted by atomic mass is 35.5. The molecule has 0 spiro atoms. The minimum Gasteiger partial charge on any atom is -0.463 e. The van der Waals surface area contributed by atoms with Crippen LogP contribution in [0.3, 0.4) is 0 Å². The number of nitrogens with zero attached hydrogens (tertiary/aromatic N) is 2. The van der Waals surface area contributed by atoms with Gasteiger partial charge in [0.15, 0.2) is 5.76 Å². The zero-order chi connectivity index (χ0) is 20.5. The predicted octanol–water partition coefficient (Wildman–Crippen LogP) is 4.66. The number of furan rings is 1. The average Bonchev–Trinajstić information content (AvgIpc) is 3.33. The molecule has 0 saturated heterocycles. The molecule has 0 bridgehead atoms. The molecule has 4 aromatic rings. The number of nitrogens with one attached hydrogen (secondary N) is 2. The molecule has 0 aliphatic carbocycles. The Kier molecular flexibility index (Phi) is 4.77. The first-order chi connectivity index (χ1) is 13.9. The number of halogens is 1. The predicted molar refractivity (Wildman–Crippen MR) is 108 cm³/mol. The van der Waals surface area contributed by atoms with Gasteiger partial charge >= 0.3 is 0 Å². The third kappa shape index (κ3) is 3.70. The summed E-state index contributed by atoms with van der Waals surface area (Å²) >= 11 is 6.19. The molecule has 0 fully saturated rings. The van der Waals surface area contributed by atoms with E-state index in [-0.39, 0.29) is 17.5 Å². The van der Waals surface area contributed by atoms with Crippen LogP contribution in [0.5, 0.6) is 0 Å². The van der Waals surface area contributed by atoms with E-state index in [1.807, 2.05) is 0 Å². The minimum absolute atomic E-state index is 0.237. The highest BCUT2D eigenvalue weighted by Crippen LogP contribution is 2.29. The molecule has 146 valence electrons. The van der Waals surface area contributed by atoms with Crippen molar-refractivity contribution in [3.8, 4) is 11.5 Å². The monoisotopic (exact) mass is 410 g/mol. The molecule has 3 heterocycles. The summed E-state index contributed by atoms with van der Waals surface area (Å²) in [6.07, 6.45) is 1.52. The molecule has 0 radical (unpaired) electrons. The Hall–Kier alpha value is -3.65. The van der Waals surface area contributed by atoms with Gasteiger partial charge in [0.2, 0.25) is 5.91 Å². The number of carbonyl (C=O) groups is 2. The van der Waals surface area contributed by atoms with Crippen molar-refractivity contribution in [2.75, 3.05) is 10.6 Å². The molecule has 0 saturated carbocycles. The van der Waals surface area contributed by atoms with Crippen LogP contribution in [0.2, 0.25) is 5.02 Å². The Labute approximate surface area is 169 Å². The molecular weight excluding hydrogens is 396 g/mol. The normalized spacial score (nSPS) is 10.9. The van der Waals surface area contributed by atoms with Crippen molar-refractivity contribution < 1.29 is 18.5 Å². The Morgan fingerprint density at radius 1 is 1.14 bits per heavy atom. The Morgan fingerprint density at radius 2 is 1.97 bits per heavy atom.